The number of rotatable bonds is 30. The monoisotopic (exact) mass is 1240 g/mol. The van der Waals surface area contributed by atoms with Gasteiger partial charge in [0, 0.05) is 75.4 Å². The van der Waals surface area contributed by atoms with Crippen molar-refractivity contribution in [1.29, 1.82) is 0 Å². The normalized spacial score (nSPS) is 23.4. The van der Waals surface area contributed by atoms with Gasteiger partial charge in [0.25, 0.3) is 11.8 Å². The number of ether oxygens (including phenoxy) is 4. The SMILES string of the molecule is CC(=O)CCCCCCC(=O)NCCCCC(=O)N[C@@H]1C(=O)N2C(C(=O)OC(c3ccccc3)c3ccccc3)=C(COC(=O)N3CCN(C(=O)c4ccc(NCC(O)C(O)C(OC5OC(CO)C(O)C(O)C5O)C(O)CO)c(C)c4)CC3)CS(=O)C12. The molecule has 3 saturated heterocycles. The van der Waals surface area contributed by atoms with Crippen LogP contribution >= 0.6 is 0 Å². The first-order valence-corrected chi connectivity index (χ1v) is 30.6. The summed E-state index contributed by atoms with van der Waals surface area (Å²) in [5, 5.41) is 89.6. The fourth-order valence-corrected chi connectivity index (χ4v) is 12.3. The summed E-state index contributed by atoms with van der Waals surface area (Å²) in [6, 6.07) is 21.2. The number of anilines is 1. The fraction of sp³-hybridized carbons (Fsp3) is 0.550. The highest BCUT2D eigenvalue weighted by molar-refractivity contribution is 7.86. The molecule has 87 heavy (non-hydrogen) atoms. The molecule has 0 saturated carbocycles. The molecule has 0 bridgehead atoms. The topological polar surface area (TPSA) is 381 Å². The standard InChI is InChI=1S/C60H80N6O20S/c1-35-29-39(22-23-41(35)62-30-42(70)49(74)54(43(71)31-67)86-59-52(77)51(76)50(75)44(32-68)84-59)55(78)64-25-27-65(28-26-64)60(81)83-33-40-34-87(82)57-47(63-46(73)21-13-14-24-61-45(72)20-12-4-3-7-15-36(2)69)56(79)66(57)48(40)58(80)85-53(37-16-8-5-9-17-37)38-18-10-6-11-19-38/h5-6,8-11,16-19,22-23,29,42-44,47,49-54,57,59,62,67-68,70-71,74-77H,3-4,7,12-15,20-21,24-28,30-34H2,1-2H3,(H,61,72)(H,63,73)/t42?,43?,44?,47-,49?,50?,51?,52?,54?,57?,59?,87?/m1/s1. The van der Waals surface area contributed by atoms with Crippen LogP contribution in [0.5, 0.6) is 0 Å². The van der Waals surface area contributed by atoms with Gasteiger partial charge in [-0.2, -0.15) is 0 Å². The van der Waals surface area contributed by atoms with Crippen molar-refractivity contribution in [2.75, 3.05) is 70.2 Å². The number of hydrogen-bond donors (Lipinski definition) is 11. The van der Waals surface area contributed by atoms with Crippen LogP contribution in [0, 0.1) is 6.92 Å². The number of benzene rings is 3. The lowest BCUT2D eigenvalue weighted by atomic mass is 9.98. The van der Waals surface area contributed by atoms with Gasteiger partial charge in [0.2, 0.25) is 11.8 Å². The summed E-state index contributed by atoms with van der Waals surface area (Å²) in [6.45, 7) is 1.18. The van der Waals surface area contributed by atoms with Gasteiger partial charge in [0.1, 0.15) is 72.2 Å². The van der Waals surface area contributed by atoms with Crippen molar-refractivity contribution in [3.63, 3.8) is 0 Å². The first-order chi connectivity index (χ1) is 41.7. The number of aliphatic hydroxyl groups excluding tert-OH is 8. The molecule has 4 heterocycles. The summed E-state index contributed by atoms with van der Waals surface area (Å²) >= 11 is 0. The number of piperazine rings is 1. The minimum atomic E-state index is -1.93. The number of carbonyl (C=O) groups is 7. The van der Waals surface area contributed by atoms with Crippen LogP contribution in [0.3, 0.4) is 0 Å². The third kappa shape index (κ3) is 17.7. The lowest BCUT2D eigenvalue weighted by molar-refractivity contribution is -0.326. The molecule has 11 unspecified atom stereocenters. The van der Waals surface area contributed by atoms with Gasteiger partial charge in [-0.1, -0.05) is 73.5 Å². The predicted molar refractivity (Wildman–Crippen MR) is 311 cm³/mol. The summed E-state index contributed by atoms with van der Waals surface area (Å²) in [4.78, 5) is 96.7. The van der Waals surface area contributed by atoms with E-state index < -0.39 is 127 Å². The fourth-order valence-electron chi connectivity index (χ4n) is 10.6. The number of hydrogen-bond acceptors (Lipinski definition) is 21. The Bertz CT molecular complexity index is 2860. The highest BCUT2D eigenvalue weighted by Crippen LogP contribution is 2.38. The third-order valence-corrected chi connectivity index (χ3v) is 17.2. The van der Waals surface area contributed by atoms with Gasteiger partial charge in [-0.05, 0) is 74.4 Å². The van der Waals surface area contributed by atoms with Gasteiger partial charge in [-0.15, -0.1) is 0 Å². The second-order valence-corrected chi connectivity index (χ2v) is 23.5. The van der Waals surface area contributed by atoms with Crippen LogP contribution in [0.2, 0.25) is 0 Å². The number of Topliss-reactive ketones (excluding diaryl/α,β-unsaturated/α-hetero) is 1. The summed E-state index contributed by atoms with van der Waals surface area (Å²) in [7, 11) is -1.90. The number of ketones is 1. The number of unbranched alkanes of at least 4 members (excludes halogenated alkanes) is 4. The Labute approximate surface area is 505 Å². The van der Waals surface area contributed by atoms with Crippen LogP contribution in [0.25, 0.3) is 0 Å². The Morgan fingerprint density at radius 2 is 1.38 bits per heavy atom. The number of aliphatic hydroxyl groups is 8. The van der Waals surface area contributed by atoms with Gasteiger partial charge in [0.05, 0.1) is 35.9 Å². The smallest absolute Gasteiger partial charge is 0.410 e. The number of esters is 1. The second-order valence-electron chi connectivity index (χ2n) is 22.0. The summed E-state index contributed by atoms with van der Waals surface area (Å²) in [5.74, 6) is -2.80. The summed E-state index contributed by atoms with van der Waals surface area (Å²) in [5.41, 5.74) is 2.28. The zero-order chi connectivity index (χ0) is 62.9. The molecule has 3 aromatic rings. The third-order valence-electron chi connectivity index (χ3n) is 15.6. The van der Waals surface area contributed by atoms with E-state index in [0.29, 0.717) is 61.0 Å². The van der Waals surface area contributed by atoms with Crippen molar-refractivity contribution in [2.24, 2.45) is 0 Å². The summed E-state index contributed by atoms with van der Waals surface area (Å²) in [6.07, 6.45) is -12.6. The molecule has 7 rings (SSSR count). The molecule has 26 nitrogen and oxygen atoms in total. The van der Waals surface area contributed by atoms with Crippen LogP contribution in [0.4, 0.5) is 10.5 Å². The number of nitrogens with one attached hydrogen (secondary N) is 3. The zero-order valence-corrected chi connectivity index (χ0v) is 49.4. The van der Waals surface area contributed by atoms with E-state index in [9.17, 15) is 78.6 Å². The molecule has 0 aromatic heterocycles. The van der Waals surface area contributed by atoms with Crippen LogP contribution in [0.1, 0.15) is 97.9 Å². The first kappa shape index (κ1) is 67.7. The molecule has 0 radical (unpaired) electrons. The first-order valence-electron chi connectivity index (χ1n) is 29.2. The van der Waals surface area contributed by atoms with Crippen molar-refractivity contribution >= 4 is 58.0 Å². The van der Waals surface area contributed by atoms with Crippen molar-refractivity contribution in [3.05, 3.63) is 112 Å². The molecule has 0 spiro atoms. The number of nitrogens with zero attached hydrogens (tertiary/aromatic N) is 3. The van der Waals surface area contributed by atoms with E-state index in [1.807, 2.05) is 0 Å². The van der Waals surface area contributed by atoms with Gasteiger partial charge in [-0.3, -0.25) is 28.3 Å². The predicted octanol–water partition coefficient (Wildman–Crippen LogP) is -0.220. The van der Waals surface area contributed by atoms with Gasteiger partial charge >= 0.3 is 12.1 Å². The largest absolute Gasteiger partial charge is 0.448 e. The maximum Gasteiger partial charge on any atom is 0.410 e. The Morgan fingerprint density at radius 1 is 0.759 bits per heavy atom. The molecule has 4 aliphatic heterocycles. The Hall–Kier alpha value is -6.76. The van der Waals surface area contributed by atoms with Gasteiger partial charge in [0.15, 0.2) is 12.4 Å². The molecule has 5 amide bonds. The van der Waals surface area contributed by atoms with Gasteiger partial charge < -0.3 is 90.3 Å². The average molecular weight is 1240 g/mol. The quantitative estimate of drug-likeness (QED) is 0.0233. The lowest BCUT2D eigenvalue weighted by Crippen LogP contribution is -2.73. The molecule has 3 fully saturated rings. The molecule has 11 N–H and O–H groups in total. The number of fused-ring (bicyclic) bond motifs is 1. The molecule has 27 heteroatoms. The Morgan fingerprint density at radius 3 is 2.00 bits per heavy atom. The number of aryl methyl sites for hydroxylation is 1. The van der Waals surface area contributed by atoms with E-state index >= 15 is 0 Å². The maximum absolute atomic E-state index is 14.6. The van der Waals surface area contributed by atoms with E-state index in [-0.39, 0.29) is 79.3 Å². The number of carbonyl (C=O) groups excluding carboxylic acids is 7. The van der Waals surface area contributed by atoms with Crippen LogP contribution in [0.15, 0.2) is 90.1 Å². The van der Waals surface area contributed by atoms with Crippen molar-refractivity contribution < 1.29 is 97.6 Å². The van der Waals surface area contributed by atoms with E-state index in [0.717, 1.165) is 24.2 Å². The molecule has 12 atom stereocenters. The van der Waals surface area contributed by atoms with Gasteiger partial charge in [-0.25, -0.2) is 9.59 Å². The van der Waals surface area contributed by atoms with E-state index in [2.05, 4.69) is 16.0 Å². The van der Waals surface area contributed by atoms with Crippen molar-refractivity contribution in [1.82, 2.24) is 25.3 Å². The van der Waals surface area contributed by atoms with Crippen molar-refractivity contribution in [3.8, 4) is 0 Å². The highest BCUT2D eigenvalue weighted by atomic mass is 32.2. The van der Waals surface area contributed by atoms with E-state index in [1.54, 1.807) is 86.6 Å². The Balaban J connectivity index is 0.937. The minimum Gasteiger partial charge on any atom is -0.448 e. The number of β-lactam (4-membered cyclic amide) rings is 1. The van der Waals surface area contributed by atoms with Crippen molar-refractivity contribution in [2.45, 2.75) is 144 Å². The van der Waals surface area contributed by atoms with E-state index in [4.69, 9.17) is 18.9 Å². The summed E-state index contributed by atoms with van der Waals surface area (Å²) < 4.78 is 36.8. The van der Waals surface area contributed by atoms with E-state index in [1.165, 1.54) is 15.9 Å². The number of amides is 5. The molecule has 476 valence electrons. The molecule has 3 aromatic carbocycles. The average Bonchev–Trinajstić information content (AvgIpc) is 0.786. The molecular weight excluding hydrogens is 1160 g/mol. The second kappa shape index (κ2) is 32.5. The zero-order valence-electron chi connectivity index (χ0n) is 48.6. The van der Waals surface area contributed by atoms with Crippen LogP contribution in [-0.2, 0) is 53.7 Å². The molecule has 4 aliphatic rings. The Kier molecular flexibility index (Phi) is 25.3. The molecule has 0 aliphatic carbocycles. The van der Waals surface area contributed by atoms with Crippen LogP contribution < -0.4 is 16.0 Å². The maximum atomic E-state index is 14.6. The van der Waals surface area contributed by atoms with Crippen LogP contribution in [-0.4, -0.2) is 233 Å². The lowest BCUT2D eigenvalue weighted by Gasteiger charge is -2.49. The highest BCUT2D eigenvalue weighted by Gasteiger charge is 2.58. The minimum absolute atomic E-state index is 0.00934. The molecular formula is C60H80N6O20S.